The summed E-state index contributed by atoms with van der Waals surface area (Å²) in [4.78, 5) is 25.0. The summed E-state index contributed by atoms with van der Waals surface area (Å²) >= 11 is 0. The van der Waals surface area contributed by atoms with Gasteiger partial charge in [0.2, 0.25) is 0 Å². The molecule has 0 saturated carbocycles. The molecule has 0 amide bonds. The highest BCUT2D eigenvalue weighted by Gasteiger charge is 2.33. The molecular formula is C12H21NO4. The van der Waals surface area contributed by atoms with Crippen molar-refractivity contribution in [2.45, 2.75) is 44.7 Å². The summed E-state index contributed by atoms with van der Waals surface area (Å²) in [6, 6.07) is -0.208. The van der Waals surface area contributed by atoms with Crippen molar-refractivity contribution in [2.24, 2.45) is 0 Å². The fraction of sp³-hybridized carbons (Fsp3) is 0.833. The van der Waals surface area contributed by atoms with Gasteiger partial charge in [-0.25, -0.2) is 0 Å². The predicted molar refractivity (Wildman–Crippen MR) is 62.5 cm³/mol. The highest BCUT2D eigenvalue weighted by Crippen LogP contribution is 2.22. The van der Waals surface area contributed by atoms with Gasteiger partial charge in [0.15, 0.2) is 0 Å². The van der Waals surface area contributed by atoms with Crippen molar-refractivity contribution in [1.29, 1.82) is 0 Å². The predicted octanol–water partition coefficient (Wildman–Crippen LogP) is 0.966. The molecule has 0 aromatic rings. The van der Waals surface area contributed by atoms with E-state index >= 15 is 0 Å². The minimum atomic E-state index is -0.244. The fourth-order valence-corrected chi connectivity index (χ4v) is 2.31. The molecular weight excluding hydrogens is 222 g/mol. The van der Waals surface area contributed by atoms with Gasteiger partial charge in [-0.3, -0.25) is 14.5 Å². The summed E-state index contributed by atoms with van der Waals surface area (Å²) in [6.07, 6.45) is 3.20. The Labute approximate surface area is 102 Å². The lowest BCUT2D eigenvalue weighted by atomic mass is 9.99. The molecule has 98 valence electrons. The number of ether oxygens (including phenoxy) is 2. The molecule has 0 radical (unpaired) electrons. The highest BCUT2D eigenvalue weighted by molar-refractivity contribution is 5.76. The molecule has 0 aromatic heterocycles. The van der Waals surface area contributed by atoms with E-state index in [1.807, 2.05) is 11.8 Å². The van der Waals surface area contributed by atoms with Crippen molar-refractivity contribution in [3.8, 4) is 0 Å². The fourth-order valence-electron chi connectivity index (χ4n) is 2.31. The van der Waals surface area contributed by atoms with Crippen molar-refractivity contribution in [3.05, 3.63) is 0 Å². The number of likely N-dealkylation sites (tertiary alicyclic amines) is 1. The van der Waals surface area contributed by atoms with Gasteiger partial charge in [0.05, 0.1) is 20.6 Å². The number of hydrogen-bond donors (Lipinski definition) is 0. The summed E-state index contributed by atoms with van der Waals surface area (Å²) in [5.74, 6) is -0.451. The number of methoxy groups -OCH3 is 2. The van der Waals surface area contributed by atoms with Crippen LogP contribution in [0.25, 0.3) is 0 Å². The van der Waals surface area contributed by atoms with Crippen LogP contribution in [0.4, 0.5) is 0 Å². The second-order valence-corrected chi connectivity index (χ2v) is 4.40. The molecule has 0 bridgehead atoms. The quantitative estimate of drug-likeness (QED) is 0.688. The lowest BCUT2D eigenvalue weighted by molar-refractivity contribution is -0.151. The Bertz CT molecular complexity index is 280. The average molecular weight is 243 g/mol. The zero-order chi connectivity index (χ0) is 12.8. The maximum absolute atomic E-state index is 11.7. The van der Waals surface area contributed by atoms with Gasteiger partial charge in [-0.05, 0) is 26.3 Å². The molecule has 2 atom stereocenters. The summed E-state index contributed by atoms with van der Waals surface area (Å²) in [5.41, 5.74) is 0. The number of rotatable bonds is 4. The van der Waals surface area contributed by atoms with Gasteiger partial charge in [0.25, 0.3) is 0 Å². The van der Waals surface area contributed by atoms with E-state index in [1.165, 1.54) is 14.2 Å². The van der Waals surface area contributed by atoms with Crippen molar-refractivity contribution in [1.82, 2.24) is 4.90 Å². The molecule has 17 heavy (non-hydrogen) atoms. The Morgan fingerprint density at radius 1 is 1.29 bits per heavy atom. The Balaban J connectivity index is 2.63. The molecule has 0 aliphatic carbocycles. The van der Waals surface area contributed by atoms with E-state index in [0.717, 1.165) is 25.8 Å². The summed E-state index contributed by atoms with van der Waals surface area (Å²) in [6.45, 7) is 2.77. The van der Waals surface area contributed by atoms with Gasteiger partial charge in [-0.15, -0.1) is 0 Å². The molecule has 1 saturated heterocycles. The molecule has 1 rings (SSSR count). The van der Waals surface area contributed by atoms with Crippen LogP contribution in [0, 0.1) is 0 Å². The van der Waals surface area contributed by atoms with Crippen molar-refractivity contribution in [3.63, 3.8) is 0 Å². The summed E-state index contributed by atoms with van der Waals surface area (Å²) < 4.78 is 9.46. The molecule has 1 heterocycles. The Kier molecular flexibility index (Phi) is 5.41. The molecule has 5 nitrogen and oxygen atoms in total. The van der Waals surface area contributed by atoms with Gasteiger partial charge in [-0.2, -0.15) is 0 Å². The van der Waals surface area contributed by atoms with E-state index < -0.39 is 0 Å². The van der Waals surface area contributed by atoms with Crippen LogP contribution in [0.5, 0.6) is 0 Å². The number of carbonyl (C=O) groups is 2. The normalized spacial score (nSPS) is 22.9. The highest BCUT2D eigenvalue weighted by atomic mass is 16.5. The second kappa shape index (κ2) is 6.59. The van der Waals surface area contributed by atoms with E-state index in [4.69, 9.17) is 4.74 Å². The van der Waals surface area contributed by atoms with Crippen LogP contribution in [0.15, 0.2) is 0 Å². The molecule has 1 aliphatic rings. The molecule has 1 unspecified atom stereocenters. The number of piperidine rings is 1. The number of esters is 2. The molecule has 1 aliphatic heterocycles. The molecule has 0 aromatic carbocycles. The van der Waals surface area contributed by atoms with Crippen molar-refractivity contribution < 1.29 is 19.1 Å². The van der Waals surface area contributed by atoms with Crippen LogP contribution in [0.2, 0.25) is 0 Å². The topological polar surface area (TPSA) is 55.8 Å². The first kappa shape index (κ1) is 14.0. The third-order valence-electron chi connectivity index (χ3n) is 3.27. The van der Waals surface area contributed by atoms with Gasteiger partial charge in [0.1, 0.15) is 6.04 Å². The largest absolute Gasteiger partial charge is 0.469 e. The van der Waals surface area contributed by atoms with Crippen LogP contribution in [-0.4, -0.2) is 49.7 Å². The van der Waals surface area contributed by atoms with Crippen LogP contribution in [-0.2, 0) is 19.1 Å². The Hall–Kier alpha value is -1.10. The van der Waals surface area contributed by atoms with Gasteiger partial charge >= 0.3 is 11.9 Å². The Morgan fingerprint density at radius 2 is 2.00 bits per heavy atom. The standard InChI is InChI=1S/C12H21NO4/c1-9(8-11(14)16-2)13-7-5-4-6-10(13)12(15)17-3/h9-10H,4-8H2,1-3H3/t9?,10-/m1/s1. The smallest absolute Gasteiger partial charge is 0.323 e. The third kappa shape index (κ3) is 3.70. The van der Waals surface area contributed by atoms with E-state index in [-0.39, 0.29) is 24.0 Å². The average Bonchev–Trinajstić information content (AvgIpc) is 2.37. The number of nitrogens with zero attached hydrogens (tertiary/aromatic N) is 1. The third-order valence-corrected chi connectivity index (χ3v) is 3.27. The maximum atomic E-state index is 11.7. The number of hydrogen-bond acceptors (Lipinski definition) is 5. The Morgan fingerprint density at radius 3 is 2.59 bits per heavy atom. The summed E-state index contributed by atoms with van der Waals surface area (Å²) in [5, 5.41) is 0. The zero-order valence-electron chi connectivity index (χ0n) is 10.8. The molecule has 1 fully saturated rings. The van der Waals surface area contributed by atoms with Crippen molar-refractivity contribution >= 4 is 11.9 Å². The van der Waals surface area contributed by atoms with Crippen LogP contribution in [0.1, 0.15) is 32.6 Å². The monoisotopic (exact) mass is 243 g/mol. The SMILES string of the molecule is COC(=O)CC(C)N1CCCC[C@@H]1C(=O)OC. The first-order valence-electron chi connectivity index (χ1n) is 6.00. The van der Waals surface area contributed by atoms with E-state index in [0.29, 0.717) is 6.42 Å². The van der Waals surface area contributed by atoms with Crippen LogP contribution >= 0.6 is 0 Å². The van der Waals surface area contributed by atoms with Gasteiger partial charge in [0, 0.05) is 6.04 Å². The molecule has 5 heteroatoms. The number of carbonyl (C=O) groups excluding carboxylic acids is 2. The first-order chi connectivity index (χ1) is 8.10. The minimum Gasteiger partial charge on any atom is -0.469 e. The summed E-state index contributed by atoms with van der Waals surface area (Å²) in [7, 11) is 2.78. The van der Waals surface area contributed by atoms with Crippen LogP contribution < -0.4 is 0 Å². The molecule has 0 spiro atoms. The lowest BCUT2D eigenvalue weighted by Gasteiger charge is -2.37. The second-order valence-electron chi connectivity index (χ2n) is 4.40. The molecule has 0 N–H and O–H groups in total. The van der Waals surface area contributed by atoms with E-state index in [2.05, 4.69) is 4.74 Å². The van der Waals surface area contributed by atoms with Gasteiger partial charge in [-0.1, -0.05) is 6.42 Å². The van der Waals surface area contributed by atoms with Crippen molar-refractivity contribution in [2.75, 3.05) is 20.8 Å². The minimum absolute atomic E-state index is 0.00634. The maximum Gasteiger partial charge on any atom is 0.323 e. The zero-order valence-corrected chi connectivity index (χ0v) is 10.8. The van der Waals surface area contributed by atoms with E-state index in [1.54, 1.807) is 0 Å². The first-order valence-corrected chi connectivity index (χ1v) is 6.00. The van der Waals surface area contributed by atoms with Gasteiger partial charge < -0.3 is 9.47 Å². The van der Waals surface area contributed by atoms with Crippen LogP contribution in [0.3, 0.4) is 0 Å². The lowest BCUT2D eigenvalue weighted by Crippen LogP contribution is -2.50. The van der Waals surface area contributed by atoms with E-state index in [9.17, 15) is 9.59 Å².